The third-order valence-electron chi connectivity index (χ3n) is 3.81. The Balaban J connectivity index is 1.89. The van der Waals surface area contributed by atoms with Gasteiger partial charge in [-0.3, -0.25) is 10.1 Å². The fourth-order valence-corrected chi connectivity index (χ4v) is 3.95. The molecule has 0 saturated heterocycles. The van der Waals surface area contributed by atoms with Crippen molar-refractivity contribution in [2.45, 2.75) is 37.1 Å². The Bertz CT molecular complexity index is 864. The van der Waals surface area contributed by atoms with E-state index in [2.05, 4.69) is 16.9 Å². The van der Waals surface area contributed by atoms with Gasteiger partial charge in [0.15, 0.2) is 4.90 Å². The van der Waals surface area contributed by atoms with Crippen LogP contribution >= 0.6 is 0 Å². The molecule has 0 bridgehead atoms. The van der Waals surface area contributed by atoms with Crippen LogP contribution in [0.4, 0.5) is 5.69 Å². The molecular weight excluding hydrogens is 352 g/mol. The summed E-state index contributed by atoms with van der Waals surface area (Å²) in [5.74, 6) is 0. The molecule has 1 atom stereocenters. The summed E-state index contributed by atoms with van der Waals surface area (Å²) in [6.45, 7) is 1.73. The highest BCUT2D eigenvalue weighted by atomic mass is 32.2. The molecule has 1 N–H and O–H groups in total. The predicted octanol–water partition coefficient (Wildman–Crippen LogP) is 3.84. The number of nitrogens with zero attached hydrogens (tertiary/aromatic N) is 1. The summed E-state index contributed by atoms with van der Waals surface area (Å²) in [4.78, 5) is 10.0. The van der Waals surface area contributed by atoms with Crippen molar-refractivity contribution >= 4 is 15.7 Å². The number of nitro benzene ring substituents is 1. The van der Waals surface area contributed by atoms with Crippen LogP contribution in [0.3, 0.4) is 0 Å². The largest absolute Gasteiger partial charge is 0.289 e. The minimum Gasteiger partial charge on any atom is -0.258 e. The maximum Gasteiger partial charge on any atom is 0.289 e. The molecule has 0 aliphatic carbocycles. The van der Waals surface area contributed by atoms with Gasteiger partial charge in [-0.1, -0.05) is 54.6 Å². The van der Waals surface area contributed by atoms with Crippen LogP contribution < -0.4 is 4.72 Å². The maximum absolute atomic E-state index is 12.4. The first-order chi connectivity index (χ1) is 12.4. The summed E-state index contributed by atoms with van der Waals surface area (Å²) < 4.78 is 27.3. The molecule has 26 heavy (non-hydrogen) atoms. The lowest BCUT2D eigenvalue weighted by atomic mass is 10.1. The van der Waals surface area contributed by atoms with Gasteiger partial charge in [0.25, 0.3) is 5.69 Å². The number of nitro groups is 1. The molecule has 0 aliphatic rings. The number of hydrogen-bond acceptors (Lipinski definition) is 4. The van der Waals surface area contributed by atoms with Crippen LogP contribution in [-0.2, 0) is 16.4 Å². The second-order valence-corrected chi connectivity index (χ2v) is 7.66. The molecule has 2 aromatic carbocycles. The molecule has 0 heterocycles. The molecule has 7 heteroatoms. The number of sulfonamides is 1. The van der Waals surface area contributed by atoms with E-state index in [0.29, 0.717) is 6.42 Å². The molecule has 0 fully saturated rings. The molecule has 0 radical (unpaired) electrons. The van der Waals surface area contributed by atoms with Crippen molar-refractivity contribution in [3.63, 3.8) is 0 Å². The number of rotatable bonds is 9. The van der Waals surface area contributed by atoms with E-state index in [1.165, 1.54) is 29.8 Å². The fraction of sp³-hybridized carbons (Fsp3) is 0.263. The van der Waals surface area contributed by atoms with E-state index in [1.54, 1.807) is 6.92 Å². The third kappa shape index (κ3) is 5.79. The van der Waals surface area contributed by atoms with Gasteiger partial charge in [0.05, 0.1) is 4.92 Å². The number of aryl methyl sites for hydroxylation is 1. The predicted molar refractivity (Wildman–Crippen MR) is 101 cm³/mol. The van der Waals surface area contributed by atoms with Crippen molar-refractivity contribution in [3.8, 4) is 0 Å². The van der Waals surface area contributed by atoms with Gasteiger partial charge in [-0.15, -0.1) is 0 Å². The summed E-state index contributed by atoms with van der Waals surface area (Å²) in [7, 11) is -3.95. The van der Waals surface area contributed by atoms with Gasteiger partial charge in [0.2, 0.25) is 10.0 Å². The molecule has 138 valence electrons. The molecule has 0 aromatic heterocycles. The van der Waals surface area contributed by atoms with Crippen LogP contribution in [0, 0.1) is 10.1 Å². The Hall–Kier alpha value is -2.51. The average molecular weight is 374 g/mol. The minimum absolute atomic E-state index is 0.315. The van der Waals surface area contributed by atoms with Crippen LogP contribution in [0.25, 0.3) is 0 Å². The van der Waals surface area contributed by atoms with E-state index in [9.17, 15) is 18.5 Å². The van der Waals surface area contributed by atoms with Crippen LogP contribution in [0.5, 0.6) is 0 Å². The third-order valence-corrected chi connectivity index (χ3v) is 5.44. The summed E-state index contributed by atoms with van der Waals surface area (Å²) >= 11 is 0. The van der Waals surface area contributed by atoms with E-state index in [1.807, 2.05) is 30.4 Å². The molecule has 1 unspecified atom stereocenters. The monoisotopic (exact) mass is 374 g/mol. The topological polar surface area (TPSA) is 89.3 Å². The number of hydrogen-bond donors (Lipinski definition) is 1. The summed E-state index contributed by atoms with van der Waals surface area (Å²) in [5, 5.41) is 11.0. The van der Waals surface area contributed by atoms with Gasteiger partial charge in [-0.25, -0.2) is 13.1 Å². The summed E-state index contributed by atoms with van der Waals surface area (Å²) in [5.41, 5.74) is 0.827. The molecule has 2 aromatic rings. The highest BCUT2D eigenvalue weighted by molar-refractivity contribution is 7.89. The average Bonchev–Trinajstić information content (AvgIpc) is 2.62. The van der Waals surface area contributed by atoms with E-state index in [-0.39, 0.29) is 10.9 Å². The standard InChI is InChI=1S/C19H22N2O4S/c1-16(10-4-2-5-11-17-12-6-3-7-13-17)20-26(24,25)19-15-9-8-14-18(19)21(22)23/h2-4,6-9,12-16,20H,5,10-11H2,1H3/b4-2+. The number of nitrogens with one attached hydrogen (secondary N) is 1. The van der Waals surface area contributed by atoms with E-state index >= 15 is 0 Å². The zero-order valence-electron chi connectivity index (χ0n) is 14.5. The van der Waals surface area contributed by atoms with E-state index in [4.69, 9.17) is 0 Å². The minimum atomic E-state index is -3.95. The van der Waals surface area contributed by atoms with Gasteiger partial charge < -0.3 is 0 Å². The number of benzene rings is 2. The first kappa shape index (κ1) is 19.8. The lowest BCUT2D eigenvalue weighted by Gasteiger charge is -2.12. The Morgan fingerprint density at radius 2 is 1.73 bits per heavy atom. The van der Waals surface area contributed by atoms with Crippen LogP contribution in [0.15, 0.2) is 71.6 Å². The van der Waals surface area contributed by atoms with Crippen molar-refractivity contribution in [2.75, 3.05) is 0 Å². The van der Waals surface area contributed by atoms with Crippen molar-refractivity contribution < 1.29 is 13.3 Å². The van der Waals surface area contributed by atoms with Gasteiger partial charge in [0.1, 0.15) is 0 Å². The molecule has 0 aliphatic heterocycles. The van der Waals surface area contributed by atoms with E-state index in [0.717, 1.165) is 12.8 Å². The van der Waals surface area contributed by atoms with Crippen LogP contribution in [0.2, 0.25) is 0 Å². The lowest BCUT2D eigenvalue weighted by Crippen LogP contribution is -2.32. The Morgan fingerprint density at radius 3 is 2.42 bits per heavy atom. The van der Waals surface area contributed by atoms with E-state index < -0.39 is 20.6 Å². The smallest absolute Gasteiger partial charge is 0.258 e. The molecule has 2 rings (SSSR count). The maximum atomic E-state index is 12.4. The molecule has 6 nitrogen and oxygen atoms in total. The van der Waals surface area contributed by atoms with Crippen molar-refractivity contribution in [1.29, 1.82) is 0 Å². The van der Waals surface area contributed by atoms with Gasteiger partial charge in [-0.05, 0) is 37.8 Å². The van der Waals surface area contributed by atoms with Gasteiger partial charge in [-0.2, -0.15) is 0 Å². The number of allylic oxidation sites excluding steroid dienone is 1. The Kier molecular flexibility index (Phi) is 7.06. The molecule has 0 spiro atoms. The van der Waals surface area contributed by atoms with Crippen molar-refractivity contribution in [1.82, 2.24) is 4.72 Å². The molecular formula is C19H22N2O4S. The Labute approximate surface area is 153 Å². The second-order valence-electron chi connectivity index (χ2n) is 5.98. The van der Waals surface area contributed by atoms with Crippen molar-refractivity contribution in [3.05, 3.63) is 82.4 Å². The molecule has 0 amide bonds. The normalized spacial score (nSPS) is 13.0. The van der Waals surface area contributed by atoms with Gasteiger partial charge in [0, 0.05) is 12.1 Å². The highest BCUT2D eigenvalue weighted by Gasteiger charge is 2.26. The first-order valence-corrected chi connectivity index (χ1v) is 9.83. The zero-order valence-corrected chi connectivity index (χ0v) is 15.4. The zero-order chi connectivity index (χ0) is 19.0. The van der Waals surface area contributed by atoms with Gasteiger partial charge >= 0.3 is 0 Å². The first-order valence-electron chi connectivity index (χ1n) is 8.35. The summed E-state index contributed by atoms with van der Waals surface area (Å²) in [6.07, 6.45) is 6.24. The molecule has 0 saturated carbocycles. The van der Waals surface area contributed by atoms with Crippen molar-refractivity contribution in [2.24, 2.45) is 0 Å². The van der Waals surface area contributed by atoms with Crippen LogP contribution in [0.1, 0.15) is 25.3 Å². The quantitative estimate of drug-likeness (QED) is 0.410. The van der Waals surface area contributed by atoms with Crippen LogP contribution in [-0.4, -0.2) is 19.4 Å². The SMILES string of the molecule is CC(C/C=C/CCc1ccccc1)NS(=O)(=O)c1ccccc1[N+](=O)[O-]. The Morgan fingerprint density at radius 1 is 1.08 bits per heavy atom. The number of para-hydroxylation sites is 1. The second kappa shape index (κ2) is 9.26. The highest BCUT2D eigenvalue weighted by Crippen LogP contribution is 2.23. The lowest BCUT2D eigenvalue weighted by molar-refractivity contribution is -0.387. The fourth-order valence-electron chi connectivity index (χ4n) is 2.52. The summed E-state index contributed by atoms with van der Waals surface area (Å²) in [6, 6.07) is 15.1.